The smallest absolute Gasteiger partial charge is 0.308 e. The van der Waals surface area contributed by atoms with Crippen LogP contribution in [0.5, 0.6) is 0 Å². The number of esters is 2. The van der Waals surface area contributed by atoms with Crippen molar-refractivity contribution in [1.29, 1.82) is 0 Å². The average Bonchev–Trinajstić information content (AvgIpc) is 2.38. The van der Waals surface area contributed by atoms with Crippen LogP contribution in [0, 0.1) is 11.8 Å². The molecule has 0 radical (unpaired) electrons. The Labute approximate surface area is 118 Å². The molecule has 6 heteroatoms. The number of rotatable bonds is 5. The maximum absolute atomic E-state index is 14.1. The Morgan fingerprint density at radius 2 is 1.90 bits per heavy atom. The van der Waals surface area contributed by atoms with Gasteiger partial charge in [-0.15, -0.1) is 0 Å². The third-order valence-electron chi connectivity index (χ3n) is 3.58. The first kappa shape index (κ1) is 16.9. The summed E-state index contributed by atoms with van der Waals surface area (Å²) >= 11 is 0. The molecule has 3 unspecified atom stereocenters. The minimum atomic E-state index is -1.26. The van der Waals surface area contributed by atoms with Gasteiger partial charge in [0.1, 0.15) is 18.9 Å². The first-order valence-corrected chi connectivity index (χ1v) is 6.99. The van der Waals surface area contributed by atoms with E-state index in [0.717, 1.165) is 0 Å². The summed E-state index contributed by atoms with van der Waals surface area (Å²) in [4.78, 5) is 22.3. The van der Waals surface area contributed by atoms with Crippen molar-refractivity contribution < 1.29 is 28.2 Å². The summed E-state index contributed by atoms with van der Waals surface area (Å²) in [6.07, 6.45) is -1.97. The van der Waals surface area contributed by atoms with Gasteiger partial charge in [-0.25, -0.2) is 4.39 Å². The second kappa shape index (κ2) is 7.57. The predicted octanol–water partition coefficient (Wildman–Crippen LogP) is 2.23. The van der Waals surface area contributed by atoms with Crippen LogP contribution in [0.25, 0.3) is 0 Å². The van der Waals surface area contributed by atoms with Gasteiger partial charge in [-0.2, -0.15) is 0 Å². The van der Waals surface area contributed by atoms with E-state index in [9.17, 15) is 14.0 Å². The molecule has 0 aromatic carbocycles. The number of carbonyl (C=O) groups excluding carboxylic acids is 2. The highest BCUT2D eigenvalue weighted by molar-refractivity contribution is 5.69. The number of carbonyl (C=O) groups is 2. The van der Waals surface area contributed by atoms with E-state index in [1.807, 2.05) is 6.92 Å². The van der Waals surface area contributed by atoms with Crippen LogP contribution < -0.4 is 0 Å². The molecule has 1 fully saturated rings. The lowest BCUT2D eigenvalue weighted by atomic mass is 9.86. The van der Waals surface area contributed by atoms with E-state index in [4.69, 9.17) is 14.2 Å². The molecule has 0 aromatic rings. The highest BCUT2D eigenvalue weighted by atomic mass is 19.1. The van der Waals surface area contributed by atoms with Gasteiger partial charge in [0.15, 0.2) is 0 Å². The van der Waals surface area contributed by atoms with E-state index in [0.29, 0.717) is 12.8 Å². The van der Waals surface area contributed by atoms with E-state index < -0.39 is 24.5 Å². The zero-order valence-electron chi connectivity index (χ0n) is 12.4. The minimum absolute atomic E-state index is 0.171. The lowest BCUT2D eigenvalue weighted by Gasteiger charge is -2.40. The molecule has 1 saturated heterocycles. The maximum Gasteiger partial charge on any atom is 0.308 e. The molecule has 20 heavy (non-hydrogen) atoms. The van der Waals surface area contributed by atoms with Gasteiger partial charge in [0.2, 0.25) is 6.29 Å². The van der Waals surface area contributed by atoms with Crippen LogP contribution in [0.4, 0.5) is 4.39 Å². The number of ether oxygens (including phenoxy) is 3. The molecule has 1 aliphatic rings. The third kappa shape index (κ3) is 4.44. The minimum Gasteiger partial charge on any atom is -0.463 e. The van der Waals surface area contributed by atoms with Crippen molar-refractivity contribution in [2.75, 3.05) is 6.61 Å². The molecule has 0 bridgehead atoms. The van der Waals surface area contributed by atoms with Gasteiger partial charge in [0, 0.05) is 19.3 Å². The van der Waals surface area contributed by atoms with Crippen LogP contribution in [0.15, 0.2) is 0 Å². The summed E-state index contributed by atoms with van der Waals surface area (Å²) in [6, 6.07) is 0. The van der Waals surface area contributed by atoms with Gasteiger partial charge < -0.3 is 14.2 Å². The quantitative estimate of drug-likeness (QED) is 0.727. The largest absolute Gasteiger partial charge is 0.463 e. The Kier molecular flexibility index (Phi) is 6.39. The molecule has 0 spiro atoms. The van der Waals surface area contributed by atoms with Gasteiger partial charge in [-0.3, -0.25) is 9.59 Å². The van der Waals surface area contributed by atoms with E-state index in [-0.39, 0.29) is 24.4 Å². The Morgan fingerprint density at radius 3 is 2.45 bits per heavy atom. The first-order chi connectivity index (χ1) is 9.36. The molecule has 5 nitrogen and oxygen atoms in total. The summed E-state index contributed by atoms with van der Waals surface area (Å²) in [5, 5.41) is 0. The second-order valence-electron chi connectivity index (χ2n) is 5.25. The molecule has 0 saturated carbocycles. The Hall–Kier alpha value is -1.17. The van der Waals surface area contributed by atoms with Crippen molar-refractivity contribution in [3.05, 3.63) is 0 Å². The van der Waals surface area contributed by atoms with Crippen molar-refractivity contribution >= 4 is 11.9 Å². The standard InChI is InChI=1S/C14H23FO5/c1-5-6-12(17)20-14-9(3)8(2)13(15)11(19-14)7-18-10(4)16/h8-9,11,13-14H,5-7H2,1-4H3/t8-,9?,11?,13+,14?/m1/s1. The van der Waals surface area contributed by atoms with Crippen molar-refractivity contribution in [3.8, 4) is 0 Å². The number of hydrogen-bond donors (Lipinski definition) is 0. The fraction of sp³-hybridized carbons (Fsp3) is 0.857. The van der Waals surface area contributed by atoms with Gasteiger partial charge in [0.05, 0.1) is 0 Å². The first-order valence-electron chi connectivity index (χ1n) is 6.99. The monoisotopic (exact) mass is 290 g/mol. The summed E-state index contributed by atoms with van der Waals surface area (Å²) in [7, 11) is 0. The third-order valence-corrected chi connectivity index (χ3v) is 3.58. The summed E-state index contributed by atoms with van der Waals surface area (Å²) in [5.74, 6) is -1.45. The molecule has 1 heterocycles. The highest BCUT2D eigenvalue weighted by Crippen LogP contribution is 2.33. The summed E-state index contributed by atoms with van der Waals surface area (Å²) in [6.45, 7) is 6.47. The highest BCUT2D eigenvalue weighted by Gasteiger charge is 2.43. The van der Waals surface area contributed by atoms with Crippen LogP contribution in [0.1, 0.15) is 40.5 Å². The molecule has 0 aliphatic carbocycles. The molecular weight excluding hydrogens is 267 g/mol. The fourth-order valence-corrected chi connectivity index (χ4v) is 2.11. The lowest BCUT2D eigenvalue weighted by Crippen LogP contribution is -2.50. The Morgan fingerprint density at radius 1 is 1.25 bits per heavy atom. The Balaban J connectivity index is 2.65. The topological polar surface area (TPSA) is 61.8 Å². The van der Waals surface area contributed by atoms with E-state index in [1.54, 1.807) is 13.8 Å². The van der Waals surface area contributed by atoms with Gasteiger partial charge in [0.25, 0.3) is 0 Å². The number of halogens is 1. The van der Waals surface area contributed by atoms with Crippen molar-refractivity contribution in [2.45, 2.75) is 59.1 Å². The van der Waals surface area contributed by atoms with Crippen molar-refractivity contribution in [1.82, 2.24) is 0 Å². The lowest BCUT2D eigenvalue weighted by molar-refractivity contribution is -0.252. The van der Waals surface area contributed by atoms with E-state index >= 15 is 0 Å². The zero-order valence-corrected chi connectivity index (χ0v) is 12.4. The Bertz CT molecular complexity index is 346. The van der Waals surface area contributed by atoms with Gasteiger partial charge in [-0.1, -0.05) is 20.8 Å². The normalized spacial score (nSPS) is 33.5. The fourth-order valence-electron chi connectivity index (χ4n) is 2.11. The van der Waals surface area contributed by atoms with Crippen LogP contribution >= 0.6 is 0 Å². The van der Waals surface area contributed by atoms with E-state index in [1.165, 1.54) is 6.92 Å². The summed E-state index contributed by atoms with van der Waals surface area (Å²) < 4.78 is 29.6. The van der Waals surface area contributed by atoms with Gasteiger partial charge in [-0.05, 0) is 12.3 Å². The maximum atomic E-state index is 14.1. The van der Waals surface area contributed by atoms with Crippen molar-refractivity contribution in [3.63, 3.8) is 0 Å². The molecule has 5 atom stereocenters. The predicted molar refractivity (Wildman–Crippen MR) is 69.5 cm³/mol. The zero-order chi connectivity index (χ0) is 15.3. The molecule has 0 N–H and O–H groups in total. The second-order valence-corrected chi connectivity index (χ2v) is 5.25. The van der Waals surface area contributed by atoms with Crippen LogP contribution in [-0.4, -0.2) is 37.1 Å². The van der Waals surface area contributed by atoms with Crippen LogP contribution in [0.2, 0.25) is 0 Å². The molecule has 1 aliphatic heterocycles. The van der Waals surface area contributed by atoms with Crippen molar-refractivity contribution in [2.24, 2.45) is 11.8 Å². The SMILES string of the molecule is CCCC(=O)OC1OC(COC(C)=O)[C@@H](F)[C@H](C)C1C. The van der Waals surface area contributed by atoms with Gasteiger partial charge >= 0.3 is 11.9 Å². The molecule has 0 amide bonds. The summed E-state index contributed by atoms with van der Waals surface area (Å²) in [5.41, 5.74) is 0. The van der Waals surface area contributed by atoms with Crippen LogP contribution in [0.3, 0.4) is 0 Å². The number of hydrogen-bond acceptors (Lipinski definition) is 5. The van der Waals surface area contributed by atoms with E-state index in [2.05, 4.69) is 0 Å². The molecule has 116 valence electrons. The average molecular weight is 290 g/mol. The van der Waals surface area contributed by atoms with Crippen LogP contribution in [-0.2, 0) is 23.8 Å². The molecule has 1 rings (SSSR count). The molecule has 0 aromatic heterocycles. The molecular formula is C14H23FO5. The number of alkyl halides is 1.